The lowest BCUT2D eigenvalue weighted by molar-refractivity contribution is 0.258. The van der Waals surface area contributed by atoms with E-state index < -0.39 is 0 Å². The van der Waals surface area contributed by atoms with Gasteiger partial charge in [-0.3, -0.25) is 0 Å². The summed E-state index contributed by atoms with van der Waals surface area (Å²) < 4.78 is 0. The SMILES string of the molecule is CCCC(CNC)CC(C)C(C)CC(C)C. The quantitative estimate of drug-likeness (QED) is 0.618. The Bertz CT molecular complexity index is 148. The minimum atomic E-state index is 0.839. The maximum absolute atomic E-state index is 3.34. The lowest BCUT2D eigenvalue weighted by atomic mass is 9.81. The molecule has 1 nitrogen and oxygen atoms in total. The van der Waals surface area contributed by atoms with Crippen molar-refractivity contribution in [1.29, 1.82) is 0 Å². The summed E-state index contributed by atoms with van der Waals surface area (Å²) in [6.45, 7) is 13.0. The number of rotatable bonds is 9. The van der Waals surface area contributed by atoms with Gasteiger partial charge in [0.15, 0.2) is 0 Å². The van der Waals surface area contributed by atoms with Gasteiger partial charge in [-0.2, -0.15) is 0 Å². The molecule has 0 fully saturated rings. The molecule has 0 saturated carbocycles. The molecule has 1 heteroatoms. The van der Waals surface area contributed by atoms with Gasteiger partial charge in [0.1, 0.15) is 0 Å². The van der Waals surface area contributed by atoms with E-state index in [1.165, 1.54) is 32.2 Å². The van der Waals surface area contributed by atoms with Gasteiger partial charge >= 0.3 is 0 Å². The molecule has 0 saturated heterocycles. The Kier molecular flexibility index (Phi) is 9.02. The molecule has 0 amide bonds. The molecular formula is C15H33N. The van der Waals surface area contributed by atoms with Crippen molar-refractivity contribution in [2.45, 2.75) is 60.3 Å². The van der Waals surface area contributed by atoms with Gasteiger partial charge in [0.25, 0.3) is 0 Å². The molecule has 0 aliphatic heterocycles. The fourth-order valence-corrected chi connectivity index (χ4v) is 2.73. The summed E-state index contributed by atoms with van der Waals surface area (Å²) in [5.74, 6) is 3.45. The van der Waals surface area contributed by atoms with Crippen molar-refractivity contribution in [2.75, 3.05) is 13.6 Å². The molecule has 0 aromatic carbocycles. The second-order valence-corrected chi connectivity index (χ2v) is 6.03. The van der Waals surface area contributed by atoms with E-state index in [2.05, 4.69) is 47.0 Å². The Morgan fingerprint density at radius 2 is 1.50 bits per heavy atom. The van der Waals surface area contributed by atoms with Crippen LogP contribution in [-0.4, -0.2) is 13.6 Å². The van der Waals surface area contributed by atoms with Crippen LogP contribution in [0.4, 0.5) is 0 Å². The van der Waals surface area contributed by atoms with Crippen molar-refractivity contribution in [3.63, 3.8) is 0 Å². The van der Waals surface area contributed by atoms with E-state index >= 15 is 0 Å². The molecule has 3 atom stereocenters. The van der Waals surface area contributed by atoms with Crippen LogP contribution in [0.2, 0.25) is 0 Å². The predicted octanol–water partition coefficient (Wildman–Crippen LogP) is 4.33. The minimum absolute atomic E-state index is 0.839. The molecule has 0 aliphatic carbocycles. The zero-order valence-corrected chi connectivity index (χ0v) is 12.3. The van der Waals surface area contributed by atoms with Crippen LogP contribution in [0.5, 0.6) is 0 Å². The van der Waals surface area contributed by atoms with Crippen molar-refractivity contribution in [3.05, 3.63) is 0 Å². The van der Waals surface area contributed by atoms with E-state index in [1.807, 2.05) is 0 Å². The fraction of sp³-hybridized carbons (Fsp3) is 1.00. The molecule has 0 spiro atoms. The molecule has 16 heavy (non-hydrogen) atoms. The molecule has 0 aliphatic rings. The third-order valence-electron chi connectivity index (χ3n) is 3.71. The number of nitrogens with one attached hydrogen (secondary N) is 1. The average Bonchev–Trinajstić information content (AvgIpc) is 2.17. The predicted molar refractivity (Wildman–Crippen MR) is 74.7 cm³/mol. The first-order chi connectivity index (χ1) is 7.51. The van der Waals surface area contributed by atoms with E-state index in [0.717, 1.165) is 23.7 Å². The van der Waals surface area contributed by atoms with Gasteiger partial charge in [-0.15, -0.1) is 0 Å². The molecule has 1 N–H and O–H groups in total. The summed E-state index contributed by atoms with van der Waals surface area (Å²) in [4.78, 5) is 0. The van der Waals surface area contributed by atoms with Gasteiger partial charge in [0.05, 0.1) is 0 Å². The molecular weight excluding hydrogens is 194 g/mol. The van der Waals surface area contributed by atoms with Gasteiger partial charge in [-0.25, -0.2) is 0 Å². The summed E-state index contributed by atoms with van der Waals surface area (Å²) >= 11 is 0. The van der Waals surface area contributed by atoms with Crippen molar-refractivity contribution in [3.8, 4) is 0 Å². The maximum Gasteiger partial charge on any atom is -0.00234 e. The highest BCUT2D eigenvalue weighted by Crippen LogP contribution is 2.27. The largest absolute Gasteiger partial charge is 0.319 e. The number of hydrogen-bond donors (Lipinski definition) is 1. The third-order valence-corrected chi connectivity index (χ3v) is 3.71. The molecule has 0 aromatic rings. The van der Waals surface area contributed by atoms with Crippen LogP contribution in [0.3, 0.4) is 0 Å². The summed E-state index contributed by atoms with van der Waals surface area (Å²) in [5.41, 5.74) is 0. The Morgan fingerprint density at radius 1 is 0.938 bits per heavy atom. The zero-order chi connectivity index (χ0) is 12.6. The van der Waals surface area contributed by atoms with Crippen LogP contribution in [0.15, 0.2) is 0 Å². The van der Waals surface area contributed by atoms with Gasteiger partial charge in [-0.1, -0.05) is 41.0 Å². The Hall–Kier alpha value is -0.0400. The first-order valence-corrected chi connectivity index (χ1v) is 7.15. The second kappa shape index (κ2) is 9.04. The van der Waals surface area contributed by atoms with Crippen molar-refractivity contribution < 1.29 is 0 Å². The highest BCUT2D eigenvalue weighted by atomic mass is 14.8. The standard InChI is InChI=1S/C15H33N/c1-7-8-15(11-16-6)10-14(5)13(4)9-12(2)3/h12-16H,7-11H2,1-6H3. The third kappa shape index (κ3) is 7.27. The molecule has 0 heterocycles. The van der Waals surface area contributed by atoms with Crippen molar-refractivity contribution in [2.24, 2.45) is 23.7 Å². The zero-order valence-electron chi connectivity index (χ0n) is 12.3. The van der Waals surface area contributed by atoms with E-state index in [4.69, 9.17) is 0 Å². The highest BCUT2D eigenvalue weighted by Gasteiger charge is 2.18. The first-order valence-electron chi connectivity index (χ1n) is 7.15. The Labute approximate surface area is 103 Å². The smallest absolute Gasteiger partial charge is 0.00234 e. The van der Waals surface area contributed by atoms with Gasteiger partial charge < -0.3 is 5.32 Å². The molecule has 0 radical (unpaired) electrons. The Morgan fingerprint density at radius 3 is 1.94 bits per heavy atom. The van der Waals surface area contributed by atoms with Crippen LogP contribution >= 0.6 is 0 Å². The van der Waals surface area contributed by atoms with Crippen LogP contribution in [-0.2, 0) is 0 Å². The minimum Gasteiger partial charge on any atom is -0.319 e. The van der Waals surface area contributed by atoms with E-state index in [9.17, 15) is 0 Å². The maximum atomic E-state index is 3.34. The highest BCUT2D eigenvalue weighted by molar-refractivity contribution is 4.70. The summed E-state index contributed by atoms with van der Waals surface area (Å²) in [6, 6.07) is 0. The number of hydrogen-bond acceptors (Lipinski definition) is 1. The van der Waals surface area contributed by atoms with E-state index in [0.29, 0.717) is 0 Å². The van der Waals surface area contributed by atoms with Crippen molar-refractivity contribution >= 4 is 0 Å². The molecule has 98 valence electrons. The lowest BCUT2D eigenvalue weighted by Crippen LogP contribution is -2.23. The van der Waals surface area contributed by atoms with E-state index in [1.54, 1.807) is 0 Å². The van der Waals surface area contributed by atoms with E-state index in [-0.39, 0.29) is 0 Å². The first kappa shape index (κ1) is 16.0. The summed E-state index contributed by atoms with van der Waals surface area (Å²) in [7, 11) is 2.07. The molecule has 3 unspecified atom stereocenters. The molecule has 0 bridgehead atoms. The van der Waals surface area contributed by atoms with Gasteiger partial charge in [-0.05, 0) is 56.5 Å². The lowest BCUT2D eigenvalue weighted by Gasteiger charge is -2.26. The molecule has 0 aromatic heterocycles. The van der Waals surface area contributed by atoms with Gasteiger partial charge in [0.2, 0.25) is 0 Å². The summed E-state index contributed by atoms with van der Waals surface area (Å²) in [5, 5.41) is 3.34. The topological polar surface area (TPSA) is 12.0 Å². The monoisotopic (exact) mass is 227 g/mol. The molecule has 0 rings (SSSR count). The summed E-state index contributed by atoms with van der Waals surface area (Å²) in [6.07, 6.45) is 5.46. The van der Waals surface area contributed by atoms with Gasteiger partial charge in [0, 0.05) is 0 Å². The van der Waals surface area contributed by atoms with Crippen LogP contribution in [0, 0.1) is 23.7 Å². The van der Waals surface area contributed by atoms with Crippen LogP contribution < -0.4 is 5.32 Å². The van der Waals surface area contributed by atoms with Crippen LogP contribution in [0.25, 0.3) is 0 Å². The Balaban J connectivity index is 4.00. The second-order valence-electron chi connectivity index (χ2n) is 6.03. The normalized spacial score (nSPS) is 17.4. The van der Waals surface area contributed by atoms with Crippen LogP contribution in [0.1, 0.15) is 60.3 Å². The van der Waals surface area contributed by atoms with Crippen molar-refractivity contribution in [1.82, 2.24) is 5.32 Å². The fourth-order valence-electron chi connectivity index (χ4n) is 2.73. The average molecular weight is 227 g/mol.